The van der Waals surface area contributed by atoms with Crippen LogP contribution >= 0.6 is 0 Å². The molecule has 0 unspecified atom stereocenters. The number of aromatic hydroxyl groups is 1. The minimum atomic E-state index is -1.19. The van der Waals surface area contributed by atoms with Crippen molar-refractivity contribution >= 4 is 17.6 Å². The molecule has 0 bridgehead atoms. The number of hydrogen-bond donors (Lipinski definition) is 3. The van der Waals surface area contributed by atoms with Gasteiger partial charge in [0, 0.05) is 5.56 Å². The van der Waals surface area contributed by atoms with Crippen LogP contribution in [0.25, 0.3) is 22.6 Å². The molecule has 8 nitrogen and oxygen atoms in total. The average molecular weight is 401 g/mol. The number of phenols is 1. The fourth-order valence-corrected chi connectivity index (χ4v) is 2.98. The molecule has 4 aromatic rings. The fourth-order valence-electron chi connectivity index (χ4n) is 2.98. The van der Waals surface area contributed by atoms with Gasteiger partial charge in [0.25, 0.3) is 5.91 Å². The van der Waals surface area contributed by atoms with Crippen molar-refractivity contribution < 1.29 is 24.2 Å². The first-order chi connectivity index (χ1) is 14.5. The van der Waals surface area contributed by atoms with Gasteiger partial charge < -0.3 is 19.9 Å². The second kappa shape index (κ2) is 7.88. The molecule has 0 aliphatic rings. The third kappa shape index (κ3) is 3.74. The van der Waals surface area contributed by atoms with E-state index in [-0.39, 0.29) is 28.5 Å². The number of anilines is 1. The third-order valence-electron chi connectivity index (χ3n) is 4.45. The zero-order chi connectivity index (χ0) is 21.1. The van der Waals surface area contributed by atoms with Crippen molar-refractivity contribution in [3.63, 3.8) is 0 Å². The van der Waals surface area contributed by atoms with E-state index in [0.717, 1.165) is 17.5 Å². The molecule has 0 radical (unpaired) electrons. The topological polar surface area (TPSA) is 126 Å². The Morgan fingerprint density at radius 3 is 2.33 bits per heavy atom. The maximum absolute atomic E-state index is 12.8. The molecule has 0 aliphatic carbocycles. The number of benzene rings is 3. The Labute approximate surface area is 170 Å². The number of aromatic carboxylic acids is 1. The van der Waals surface area contributed by atoms with E-state index in [0.29, 0.717) is 5.56 Å². The van der Waals surface area contributed by atoms with Gasteiger partial charge in [0.1, 0.15) is 5.75 Å². The maximum atomic E-state index is 12.8. The molecule has 4 rings (SSSR count). The number of amides is 1. The van der Waals surface area contributed by atoms with Crippen LogP contribution < -0.4 is 5.32 Å². The molecule has 148 valence electrons. The van der Waals surface area contributed by atoms with Crippen LogP contribution in [0.2, 0.25) is 0 Å². The predicted octanol–water partition coefficient (Wildman–Crippen LogP) is 4.06. The second-order valence-corrected chi connectivity index (χ2v) is 6.36. The van der Waals surface area contributed by atoms with Gasteiger partial charge in [-0.3, -0.25) is 4.79 Å². The van der Waals surface area contributed by atoms with Crippen molar-refractivity contribution in [3.05, 3.63) is 84.3 Å². The van der Waals surface area contributed by atoms with Gasteiger partial charge in [-0.1, -0.05) is 36.4 Å². The largest absolute Gasteiger partial charge is 0.507 e. The Morgan fingerprint density at radius 2 is 1.63 bits per heavy atom. The number of aromatic nitrogens is 2. The molecular weight excluding hydrogens is 386 g/mol. The highest BCUT2D eigenvalue weighted by molar-refractivity contribution is 6.10. The Bertz CT molecular complexity index is 1220. The molecule has 0 aliphatic heterocycles. The summed E-state index contributed by atoms with van der Waals surface area (Å²) in [4.78, 5) is 24.5. The summed E-state index contributed by atoms with van der Waals surface area (Å²) in [6.07, 6.45) is 1.15. The van der Waals surface area contributed by atoms with Crippen molar-refractivity contribution in [1.82, 2.24) is 10.2 Å². The molecule has 3 aromatic carbocycles. The standard InChI is InChI=1S/C22H15N3O5/c26-19-9-7-15(21-25-23-12-30-21)10-17(19)20(27)24-18-11-14(6-8-16(18)22(28)29)13-4-2-1-3-5-13/h1-12,26H,(H,24,27)(H,28,29). The highest BCUT2D eigenvalue weighted by Crippen LogP contribution is 2.29. The van der Waals surface area contributed by atoms with E-state index in [9.17, 15) is 19.8 Å². The van der Waals surface area contributed by atoms with E-state index in [4.69, 9.17) is 4.42 Å². The molecule has 0 fully saturated rings. The first-order valence-corrected chi connectivity index (χ1v) is 8.86. The second-order valence-electron chi connectivity index (χ2n) is 6.36. The summed E-state index contributed by atoms with van der Waals surface area (Å²) in [6, 6.07) is 18.3. The molecule has 30 heavy (non-hydrogen) atoms. The molecule has 0 atom stereocenters. The van der Waals surface area contributed by atoms with Crippen molar-refractivity contribution in [2.24, 2.45) is 0 Å². The molecule has 0 saturated carbocycles. The van der Waals surface area contributed by atoms with Gasteiger partial charge in [-0.15, -0.1) is 10.2 Å². The van der Waals surface area contributed by atoms with Crippen LogP contribution in [0.3, 0.4) is 0 Å². The first kappa shape index (κ1) is 18.9. The third-order valence-corrected chi connectivity index (χ3v) is 4.45. The SMILES string of the molecule is O=C(Nc1cc(-c2ccccc2)ccc1C(=O)O)c1cc(-c2nnco2)ccc1O. The minimum absolute atomic E-state index is 0.0628. The maximum Gasteiger partial charge on any atom is 0.337 e. The van der Waals surface area contributed by atoms with Crippen LogP contribution in [0, 0.1) is 0 Å². The van der Waals surface area contributed by atoms with E-state index < -0.39 is 11.9 Å². The number of phenolic OH excluding ortho intramolecular Hbond substituents is 1. The Hall–Kier alpha value is -4.46. The van der Waals surface area contributed by atoms with Gasteiger partial charge in [-0.05, 0) is 41.5 Å². The molecular formula is C22H15N3O5. The number of hydrogen-bond acceptors (Lipinski definition) is 6. The molecule has 3 N–H and O–H groups in total. The van der Waals surface area contributed by atoms with Gasteiger partial charge in [-0.25, -0.2) is 4.79 Å². The van der Waals surface area contributed by atoms with Crippen LogP contribution in [0.15, 0.2) is 77.5 Å². The van der Waals surface area contributed by atoms with Crippen LogP contribution in [-0.4, -0.2) is 32.3 Å². The monoisotopic (exact) mass is 401 g/mol. The summed E-state index contributed by atoms with van der Waals surface area (Å²) < 4.78 is 5.11. The number of rotatable bonds is 5. The van der Waals surface area contributed by atoms with Gasteiger partial charge in [0.2, 0.25) is 12.3 Å². The van der Waals surface area contributed by atoms with E-state index in [1.54, 1.807) is 12.1 Å². The van der Waals surface area contributed by atoms with E-state index >= 15 is 0 Å². The highest BCUT2D eigenvalue weighted by atomic mass is 16.4. The molecule has 0 saturated heterocycles. The van der Waals surface area contributed by atoms with Gasteiger partial charge in [-0.2, -0.15) is 0 Å². The summed E-state index contributed by atoms with van der Waals surface area (Å²) in [5.41, 5.74) is 2.01. The lowest BCUT2D eigenvalue weighted by Gasteiger charge is -2.12. The van der Waals surface area contributed by atoms with Crippen LogP contribution in [0.1, 0.15) is 20.7 Å². The summed E-state index contributed by atoms with van der Waals surface area (Å²) in [7, 11) is 0. The normalized spacial score (nSPS) is 10.5. The zero-order valence-corrected chi connectivity index (χ0v) is 15.4. The fraction of sp³-hybridized carbons (Fsp3) is 0. The molecule has 1 amide bonds. The summed E-state index contributed by atoms with van der Waals surface area (Å²) >= 11 is 0. The van der Waals surface area contributed by atoms with Crippen LogP contribution in [-0.2, 0) is 0 Å². The highest BCUT2D eigenvalue weighted by Gasteiger charge is 2.18. The number of carboxylic acid groups (broad SMARTS) is 1. The molecule has 1 aromatic heterocycles. The quantitative estimate of drug-likeness (QED) is 0.460. The Balaban J connectivity index is 1.71. The first-order valence-electron chi connectivity index (χ1n) is 8.86. The van der Waals surface area contributed by atoms with Crippen LogP contribution in [0.4, 0.5) is 5.69 Å². The van der Waals surface area contributed by atoms with Gasteiger partial charge in [0.05, 0.1) is 16.8 Å². The van der Waals surface area contributed by atoms with Crippen molar-refractivity contribution in [2.75, 3.05) is 5.32 Å². The number of nitrogens with one attached hydrogen (secondary N) is 1. The summed E-state index contributed by atoms with van der Waals surface area (Å²) in [5.74, 6) is -1.96. The Morgan fingerprint density at radius 1 is 0.867 bits per heavy atom. The number of carbonyl (C=O) groups is 2. The van der Waals surface area contributed by atoms with Gasteiger partial charge in [0.15, 0.2) is 0 Å². The molecule has 0 spiro atoms. The van der Waals surface area contributed by atoms with E-state index in [2.05, 4.69) is 15.5 Å². The Kier molecular flexibility index (Phi) is 4.96. The minimum Gasteiger partial charge on any atom is -0.507 e. The van der Waals surface area contributed by atoms with Crippen molar-refractivity contribution in [2.45, 2.75) is 0 Å². The van der Waals surface area contributed by atoms with E-state index in [1.165, 1.54) is 24.3 Å². The number of carbonyl (C=O) groups excluding carboxylic acids is 1. The lowest BCUT2D eigenvalue weighted by molar-refractivity contribution is 0.0698. The van der Waals surface area contributed by atoms with Crippen LogP contribution in [0.5, 0.6) is 5.75 Å². The lowest BCUT2D eigenvalue weighted by atomic mass is 10.0. The van der Waals surface area contributed by atoms with Gasteiger partial charge >= 0.3 is 5.97 Å². The smallest absolute Gasteiger partial charge is 0.337 e. The lowest BCUT2D eigenvalue weighted by Crippen LogP contribution is -2.15. The molecule has 8 heteroatoms. The predicted molar refractivity (Wildman–Crippen MR) is 108 cm³/mol. The number of carboxylic acids is 1. The van der Waals surface area contributed by atoms with E-state index in [1.807, 2.05) is 30.3 Å². The average Bonchev–Trinajstić information content (AvgIpc) is 3.29. The zero-order valence-electron chi connectivity index (χ0n) is 15.4. The summed E-state index contributed by atoms with van der Waals surface area (Å²) in [5, 5.41) is 29.6. The summed E-state index contributed by atoms with van der Waals surface area (Å²) in [6.45, 7) is 0. The van der Waals surface area contributed by atoms with Crippen molar-refractivity contribution in [3.8, 4) is 28.3 Å². The number of nitrogens with zero attached hydrogens (tertiary/aromatic N) is 2. The van der Waals surface area contributed by atoms with Crippen molar-refractivity contribution in [1.29, 1.82) is 0 Å². The molecule has 1 heterocycles.